The molecule has 1 aliphatic rings. The first-order valence-electron chi connectivity index (χ1n) is 9.22. The number of fused-ring (bicyclic) bond motifs is 1. The lowest BCUT2D eigenvalue weighted by molar-refractivity contribution is -0.117. The van der Waals surface area contributed by atoms with Gasteiger partial charge in [0.2, 0.25) is 5.91 Å². The maximum Gasteiger partial charge on any atom is 0.261 e. The summed E-state index contributed by atoms with van der Waals surface area (Å²) in [6, 6.07) is 14.8. The molecule has 7 nitrogen and oxygen atoms in total. The van der Waals surface area contributed by atoms with Crippen LogP contribution in [0, 0.1) is 0 Å². The number of rotatable bonds is 8. The van der Waals surface area contributed by atoms with E-state index >= 15 is 0 Å². The lowest BCUT2D eigenvalue weighted by Gasteiger charge is -2.21. The van der Waals surface area contributed by atoms with Crippen molar-refractivity contribution >= 4 is 35.8 Å². The molecule has 0 saturated heterocycles. The maximum atomic E-state index is 12.5. The van der Waals surface area contributed by atoms with Crippen molar-refractivity contribution in [3.63, 3.8) is 0 Å². The molecule has 0 bridgehead atoms. The molecule has 2 aromatic carbocycles. The summed E-state index contributed by atoms with van der Waals surface area (Å²) in [5.41, 5.74) is 8.06. The number of halogens is 1. The van der Waals surface area contributed by atoms with Gasteiger partial charge in [-0.3, -0.25) is 24.2 Å². The number of benzene rings is 2. The number of nitrogens with one attached hydrogen (secondary N) is 1. The average molecular weight is 417 g/mol. The number of anilines is 1. The number of hydrogen-bond donors (Lipinski definition) is 2. The molecule has 0 saturated carbocycles. The highest BCUT2D eigenvalue weighted by Crippen LogP contribution is 2.24. The minimum atomic E-state index is -0.358. The molecule has 3 rings (SSSR count). The summed E-state index contributed by atoms with van der Waals surface area (Å²) in [7, 11) is 1.44. The average Bonchev–Trinajstić information content (AvgIpc) is 2.91. The Balaban J connectivity index is 0.00000300. The number of carbonyl (C=O) groups excluding carboxylic acids is 3. The van der Waals surface area contributed by atoms with Gasteiger partial charge in [-0.1, -0.05) is 30.3 Å². The summed E-state index contributed by atoms with van der Waals surface area (Å²) in [5.74, 6) is -0.872. The van der Waals surface area contributed by atoms with E-state index in [1.807, 2.05) is 23.1 Å². The Hall–Kier alpha value is -2.74. The standard InChI is InChI=1S/C21H24N4O3.ClH/c1-24-20(27)17-8-7-16(13-18(17)21(24)28)23-19(26)14-25(12-10-22)11-9-15-5-3-2-4-6-15;/h2-8,13H,9-12,14,22H2,1H3,(H,23,26);1H. The predicted octanol–water partition coefficient (Wildman–Crippen LogP) is 1.78. The molecule has 0 aromatic heterocycles. The lowest BCUT2D eigenvalue weighted by atomic mass is 10.1. The highest BCUT2D eigenvalue weighted by molar-refractivity contribution is 6.21. The number of nitrogens with zero attached hydrogens (tertiary/aromatic N) is 2. The van der Waals surface area contributed by atoms with Crippen molar-refractivity contribution in [2.45, 2.75) is 6.42 Å². The van der Waals surface area contributed by atoms with E-state index in [9.17, 15) is 14.4 Å². The van der Waals surface area contributed by atoms with E-state index in [4.69, 9.17) is 5.73 Å². The SMILES string of the molecule is CN1C(=O)c2ccc(NC(=O)CN(CCN)CCc3ccccc3)cc2C1=O.Cl. The normalized spacial score (nSPS) is 12.7. The van der Waals surface area contributed by atoms with Gasteiger partial charge in [-0.2, -0.15) is 0 Å². The lowest BCUT2D eigenvalue weighted by Crippen LogP contribution is -2.38. The first-order valence-corrected chi connectivity index (χ1v) is 9.22. The molecule has 0 fully saturated rings. The predicted molar refractivity (Wildman–Crippen MR) is 114 cm³/mol. The van der Waals surface area contributed by atoms with E-state index in [1.54, 1.807) is 18.2 Å². The van der Waals surface area contributed by atoms with Crippen LogP contribution in [0.2, 0.25) is 0 Å². The van der Waals surface area contributed by atoms with Gasteiger partial charge in [0.25, 0.3) is 11.8 Å². The monoisotopic (exact) mass is 416 g/mol. The molecule has 0 radical (unpaired) electrons. The van der Waals surface area contributed by atoms with Crippen LogP contribution in [-0.4, -0.2) is 60.7 Å². The summed E-state index contributed by atoms with van der Waals surface area (Å²) in [4.78, 5) is 39.6. The Morgan fingerprint density at radius 2 is 1.72 bits per heavy atom. The van der Waals surface area contributed by atoms with Crippen molar-refractivity contribution in [1.29, 1.82) is 0 Å². The fourth-order valence-corrected chi connectivity index (χ4v) is 3.23. The Morgan fingerprint density at radius 1 is 1.03 bits per heavy atom. The third-order valence-corrected chi connectivity index (χ3v) is 4.75. The van der Waals surface area contributed by atoms with Crippen LogP contribution in [0.5, 0.6) is 0 Å². The van der Waals surface area contributed by atoms with Gasteiger partial charge in [0.05, 0.1) is 17.7 Å². The Bertz CT molecular complexity index is 889. The molecule has 0 spiro atoms. The Morgan fingerprint density at radius 3 is 2.41 bits per heavy atom. The van der Waals surface area contributed by atoms with Crippen LogP contribution in [0.4, 0.5) is 5.69 Å². The Kier molecular flexibility index (Phi) is 7.90. The molecular weight excluding hydrogens is 392 g/mol. The van der Waals surface area contributed by atoms with Crippen molar-refractivity contribution in [1.82, 2.24) is 9.80 Å². The molecule has 29 heavy (non-hydrogen) atoms. The molecule has 8 heteroatoms. The smallest absolute Gasteiger partial charge is 0.261 e. The summed E-state index contributed by atoms with van der Waals surface area (Å²) in [5, 5.41) is 2.81. The van der Waals surface area contributed by atoms with Gasteiger partial charge < -0.3 is 11.1 Å². The van der Waals surface area contributed by atoms with Gasteiger partial charge in [-0.25, -0.2) is 0 Å². The summed E-state index contributed by atoms with van der Waals surface area (Å²) in [6.07, 6.45) is 0.829. The summed E-state index contributed by atoms with van der Waals surface area (Å²) < 4.78 is 0. The molecular formula is C21H25ClN4O3. The quantitative estimate of drug-likeness (QED) is 0.639. The zero-order valence-corrected chi connectivity index (χ0v) is 17.1. The molecule has 1 heterocycles. The largest absolute Gasteiger partial charge is 0.329 e. The topological polar surface area (TPSA) is 95.7 Å². The van der Waals surface area contributed by atoms with Crippen LogP contribution >= 0.6 is 12.4 Å². The van der Waals surface area contributed by atoms with Crippen LogP contribution in [0.3, 0.4) is 0 Å². The first kappa shape index (κ1) is 22.5. The zero-order chi connectivity index (χ0) is 20.1. The fraction of sp³-hybridized carbons (Fsp3) is 0.286. The van der Waals surface area contributed by atoms with E-state index in [-0.39, 0.29) is 36.7 Å². The van der Waals surface area contributed by atoms with E-state index < -0.39 is 0 Å². The third-order valence-electron chi connectivity index (χ3n) is 4.75. The van der Waals surface area contributed by atoms with Crippen LogP contribution in [0.15, 0.2) is 48.5 Å². The summed E-state index contributed by atoms with van der Waals surface area (Å²) >= 11 is 0. The van der Waals surface area contributed by atoms with E-state index in [2.05, 4.69) is 17.4 Å². The second-order valence-corrected chi connectivity index (χ2v) is 6.78. The van der Waals surface area contributed by atoms with Crippen molar-refractivity contribution < 1.29 is 14.4 Å². The van der Waals surface area contributed by atoms with Crippen molar-refractivity contribution in [3.05, 3.63) is 65.2 Å². The van der Waals surface area contributed by atoms with E-state index in [0.717, 1.165) is 17.9 Å². The second-order valence-electron chi connectivity index (χ2n) is 6.78. The number of amides is 3. The molecule has 2 aromatic rings. The van der Waals surface area contributed by atoms with Gasteiger partial charge in [0.1, 0.15) is 0 Å². The highest BCUT2D eigenvalue weighted by atomic mass is 35.5. The van der Waals surface area contributed by atoms with Crippen LogP contribution in [-0.2, 0) is 11.2 Å². The van der Waals surface area contributed by atoms with Gasteiger partial charge >= 0.3 is 0 Å². The van der Waals surface area contributed by atoms with Crippen molar-refractivity contribution in [2.24, 2.45) is 5.73 Å². The van der Waals surface area contributed by atoms with Crippen molar-refractivity contribution in [3.8, 4) is 0 Å². The van der Waals surface area contributed by atoms with Crippen molar-refractivity contribution in [2.75, 3.05) is 38.5 Å². The molecule has 3 amide bonds. The molecule has 3 N–H and O–H groups in total. The van der Waals surface area contributed by atoms with E-state index in [0.29, 0.717) is 29.9 Å². The number of hydrogen-bond acceptors (Lipinski definition) is 5. The number of imide groups is 1. The van der Waals surface area contributed by atoms with Crippen LogP contribution < -0.4 is 11.1 Å². The van der Waals surface area contributed by atoms with Crippen LogP contribution in [0.1, 0.15) is 26.3 Å². The van der Waals surface area contributed by atoms with Gasteiger partial charge in [0, 0.05) is 32.4 Å². The number of carbonyl (C=O) groups is 3. The van der Waals surface area contributed by atoms with E-state index in [1.165, 1.54) is 12.6 Å². The fourth-order valence-electron chi connectivity index (χ4n) is 3.23. The third kappa shape index (κ3) is 5.41. The molecule has 154 valence electrons. The minimum Gasteiger partial charge on any atom is -0.329 e. The second kappa shape index (κ2) is 10.2. The number of nitrogens with two attached hydrogens (primary N) is 1. The molecule has 0 unspecified atom stereocenters. The Labute approximate surface area is 176 Å². The zero-order valence-electron chi connectivity index (χ0n) is 16.3. The molecule has 1 aliphatic heterocycles. The first-order chi connectivity index (χ1) is 13.5. The summed E-state index contributed by atoms with van der Waals surface area (Å²) in [6.45, 7) is 2.00. The molecule has 0 aliphatic carbocycles. The van der Waals surface area contributed by atoms with Gasteiger partial charge in [0.15, 0.2) is 0 Å². The highest BCUT2D eigenvalue weighted by Gasteiger charge is 2.32. The minimum absolute atomic E-state index is 0. The van der Waals surface area contributed by atoms with Gasteiger partial charge in [-0.05, 0) is 30.2 Å². The van der Waals surface area contributed by atoms with Crippen LogP contribution in [0.25, 0.3) is 0 Å². The maximum absolute atomic E-state index is 12.5. The van der Waals surface area contributed by atoms with Gasteiger partial charge in [-0.15, -0.1) is 12.4 Å². The molecule has 0 atom stereocenters.